The third-order valence-electron chi connectivity index (χ3n) is 4.81. The maximum atomic E-state index is 14.6. The van der Waals surface area contributed by atoms with Gasteiger partial charge in [-0.05, 0) is 32.0 Å². The Balaban J connectivity index is 0.00000145. The molecule has 1 aromatic heterocycles. The monoisotopic (exact) mass is 525 g/mol. The third-order valence-corrected chi connectivity index (χ3v) is 5.18. The first kappa shape index (κ1) is 28.5. The number of aliphatic hydroxyl groups excluding tert-OH is 1. The summed E-state index contributed by atoms with van der Waals surface area (Å²) in [6.07, 6.45) is 1.15. The van der Waals surface area contributed by atoms with Crippen molar-refractivity contribution in [2.75, 3.05) is 31.3 Å². The smallest absolute Gasteiger partial charge is 0.343 e. The highest BCUT2D eigenvalue weighted by Gasteiger charge is 2.24. The molecule has 194 valence electrons. The molecular formula is C24H26ClF2N3O6. The number of benzene rings is 2. The molecular weight excluding hydrogens is 500 g/mol. The van der Waals surface area contributed by atoms with Crippen LogP contribution in [-0.4, -0.2) is 41.9 Å². The van der Waals surface area contributed by atoms with E-state index in [9.17, 15) is 23.2 Å². The Morgan fingerprint density at radius 3 is 2.36 bits per heavy atom. The van der Waals surface area contributed by atoms with Gasteiger partial charge >= 0.3 is 11.9 Å². The van der Waals surface area contributed by atoms with Crippen molar-refractivity contribution in [1.29, 1.82) is 0 Å². The van der Waals surface area contributed by atoms with E-state index in [-0.39, 0.29) is 58.4 Å². The van der Waals surface area contributed by atoms with E-state index >= 15 is 0 Å². The molecule has 9 nitrogen and oxygen atoms in total. The number of nitrogen functional groups attached to an aromatic ring is 1. The lowest BCUT2D eigenvalue weighted by Gasteiger charge is -2.20. The molecule has 0 unspecified atom stereocenters. The van der Waals surface area contributed by atoms with Crippen molar-refractivity contribution in [3.05, 3.63) is 62.4 Å². The predicted molar refractivity (Wildman–Crippen MR) is 133 cm³/mol. The van der Waals surface area contributed by atoms with Crippen molar-refractivity contribution >= 4 is 45.8 Å². The van der Waals surface area contributed by atoms with Gasteiger partial charge in [0.2, 0.25) is 5.43 Å². The normalized spacial score (nSPS) is 10.4. The van der Waals surface area contributed by atoms with Crippen LogP contribution >= 0.6 is 11.6 Å². The average Bonchev–Trinajstić information content (AvgIpc) is 2.81. The van der Waals surface area contributed by atoms with E-state index in [4.69, 9.17) is 31.9 Å². The number of carbonyl (C=O) groups is 2. The zero-order chi connectivity index (χ0) is 27.2. The largest absolute Gasteiger partial charge is 0.462 e. The van der Waals surface area contributed by atoms with Crippen LogP contribution in [0, 0.1) is 11.6 Å². The number of ether oxygens (including phenoxy) is 2. The highest BCUT2D eigenvalue weighted by atomic mass is 35.5. The minimum absolute atomic E-state index is 0.00861. The SMILES string of the molecule is CCO.CCOC(=O)c1cn(-c2cc(N)c(F)cc2COC(C)=O)c2c(Cl)c(NC)c(F)cc2c1=O. The molecule has 0 radical (unpaired) electrons. The quantitative estimate of drug-likeness (QED) is 0.327. The van der Waals surface area contributed by atoms with Gasteiger partial charge < -0.3 is 30.2 Å². The standard InChI is InChI=1S/C22H20ClF2N3O5.C2H6O/c1-4-32-22(31)13-8-28(17-7-16(26)14(24)5-11(17)9-33-10(2)29)20-12(21(13)30)6-15(25)19(27-3)18(20)23;1-2-3/h5-8,27H,4,9,26H2,1-3H3;3H,2H2,1H3. The van der Waals surface area contributed by atoms with Gasteiger partial charge in [0.05, 0.1) is 39.6 Å². The number of esters is 2. The summed E-state index contributed by atoms with van der Waals surface area (Å²) in [6, 6.07) is 3.22. The van der Waals surface area contributed by atoms with Crippen molar-refractivity contribution in [3.63, 3.8) is 0 Å². The number of aliphatic hydroxyl groups is 1. The number of hydrogen-bond acceptors (Lipinski definition) is 8. The number of aromatic nitrogens is 1. The molecule has 12 heteroatoms. The molecule has 0 atom stereocenters. The predicted octanol–water partition coefficient (Wildman–Crippen LogP) is 3.78. The maximum Gasteiger partial charge on any atom is 0.343 e. The van der Waals surface area contributed by atoms with E-state index in [0.717, 1.165) is 18.3 Å². The van der Waals surface area contributed by atoms with Crippen LogP contribution in [0.25, 0.3) is 16.6 Å². The Bertz CT molecular complexity index is 1360. The molecule has 1 heterocycles. The number of nitrogens with zero attached hydrogens (tertiary/aromatic N) is 1. The van der Waals surface area contributed by atoms with Gasteiger partial charge in [-0.1, -0.05) is 11.6 Å². The summed E-state index contributed by atoms with van der Waals surface area (Å²) in [5.74, 6) is -3.15. The van der Waals surface area contributed by atoms with Crippen molar-refractivity contribution in [1.82, 2.24) is 4.57 Å². The molecule has 36 heavy (non-hydrogen) atoms. The first-order valence-electron chi connectivity index (χ1n) is 10.8. The van der Waals surface area contributed by atoms with Gasteiger partial charge in [-0.15, -0.1) is 0 Å². The number of nitrogens with one attached hydrogen (secondary N) is 1. The fraction of sp³-hybridized carbons (Fsp3) is 0.292. The van der Waals surface area contributed by atoms with E-state index in [0.29, 0.717) is 0 Å². The van der Waals surface area contributed by atoms with Crippen LogP contribution in [0.2, 0.25) is 5.02 Å². The lowest BCUT2D eigenvalue weighted by atomic mass is 10.1. The average molecular weight is 526 g/mol. The first-order chi connectivity index (χ1) is 17.0. The van der Waals surface area contributed by atoms with E-state index in [1.807, 2.05) is 0 Å². The van der Waals surface area contributed by atoms with Crippen molar-refractivity contribution in [2.45, 2.75) is 27.4 Å². The molecule has 0 aliphatic carbocycles. The molecule has 0 spiro atoms. The van der Waals surface area contributed by atoms with Gasteiger partial charge in [-0.3, -0.25) is 9.59 Å². The number of fused-ring (bicyclic) bond motifs is 1. The fourth-order valence-electron chi connectivity index (χ4n) is 3.33. The summed E-state index contributed by atoms with van der Waals surface area (Å²) >= 11 is 6.45. The maximum absolute atomic E-state index is 14.6. The zero-order valence-corrected chi connectivity index (χ0v) is 20.8. The van der Waals surface area contributed by atoms with Gasteiger partial charge in [0.1, 0.15) is 23.8 Å². The number of nitrogens with two attached hydrogens (primary N) is 1. The second kappa shape index (κ2) is 12.3. The van der Waals surface area contributed by atoms with Gasteiger partial charge in [-0.2, -0.15) is 0 Å². The van der Waals surface area contributed by atoms with Gasteiger partial charge in [-0.25, -0.2) is 13.6 Å². The van der Waals surface area contributed by atoms with Crippen LogP contribution in [0.3, 0.4) is 0 Å². The Hall–Kier alpha value is -3.70. The van der Waals surface area contributed by atoms with Crippen LogP contribution in [-0.2, 0) is 20.9 Å². The number of carbonyl (C=O) groups excluding carboxylic acids is 2. The number of anilines is 2. The minimum atomic E-state index is -0.941. The minimum Gasteiger partial charge on any atom is -0.462 e. The Labute approximate surface area is 210 Å². The Kier molecular flexibility index (Phi) is 9.76. The summed E-state index contributed by atoms with van der Waals surface area (Å²) in [7, 11) is 1.44. The number of pyridine rings is 1. The first-order valence-corrected chi connectivity index (χ1v) is 11.1. The van der Waals surface area contributed by atoms with Gasteiger partial charge in [0.15, 0.2) is 0 Å². The number of rotatable bonds is 6. The number of halogens is 3. The third kappa shape index (κ3) is 5.92. The van der Waals surface area contributed by atoms with Gasteiger partial charge in [0, 0.05) is 32.3 Å². The Morgan fingerprint density at radius 1 is 1.17 bits per heavy atom. The van der Waals surface area contributed by atoms with Crippen molar-refractivity contribution < 1.29 is 33.0 Å². The fourth-order valence-corrected chi connectivity index (χ4v) is 3.70. The summed E-state index contributed by atoms with van der Waals surface area (Å²) in [6.45, 7) is 4.32. The van der Waals surface area contributed by atoms with E-state index in [2.05, 4.69) is 5.32 Å². The van der Waals surface area contributed by atoms with E-state index in [1.54, 1.807) is 13.8 Å². The van der Waals surface area contributed by atoms with Crippen LogP contribution in [0.15, 0.2) is 29.2 Å². The molecule has 3 aromatic rings. The molecule has 4 N–H and O–H groups in total. The molecule has 2 aromatic carbocycles. The van der Waals surface area contributed by atoms with Crippen LogP contribution < -0.4 is 16.5 Å². The highest BCUT2D eigenvalue weighted by Crippen LogP contribution is 2.35. The second-order valence-corrected chi connectivity index (χ2v) is 7.63. The highest BCUT2D eigenvalue weighted by molar-refractivity contribution is 6.38. The zero-order valence-electron chi connectivity index (χ0n) is 20.1. The lowest BCUT2D eigenvalue weighted by molar-refractivity contribution is -0.142. The molecule has 3 rings (SSSR count). The summed E-state index contributed by atoms with van der Waals surface area (Å²) in [5, 5.41) is 9.80. The topological polar surface area (TPSA) is 133 Å². The molecule has 0 aliphatic rings. The van der Waals surface area contributed by atoms with Crippen LogP contribution in [0.1, 0.15) is 36.7 Å². The molecule has 0 saturated carbocycles. The van der Waals surface area contributed by atoms with E-state index < -0.39 is 34.6 Å². The second-order valence-electron chi connectivity index (χ2n) is 7.25. The van der Waals surface area contributed by atoms with Crippen molar-refractivity contribution in [2.24, 2.45) is 0 Å². The Morgan fingerprint density at radius 2 is 1.81 bits per heavy atom. The summed E-state index contributed by atoms with van der Waals surface area (Å²) in [5.41, 5.74) is 4.53. The van der Waals surface area contributed by atoms with Crippen LogP contribution in [0.5, 0.6) is 0 Å². The molecule has 0 saturated heterocycles. The molecule has 0 fully saturated rings. The summed E-state index contributed by atoms with van der Waals surface area (Å²) in [4.78, 5) is 36.9. The molecule has 0 amide bonds. The number of hydrogen-bond donors (Lipinski definition) is 3. The van der Waals surface area contributed by atoms with E-state index in [1.165, 1.54) is 24.6 Å². The molecule has 0 aliphatic heterocycles. The van der Waals surface area contributed by atoms with Crippen LogP contribution in [0.4, 0.5) is 20.2 Å². The molecule has 0 bridgehead atoms. The van der Waals surface area contributed by atoms with Crippen molar-refractivity contribution in [3.8, 4) is 5.69 Å². The summed E-state index contributed by atoms with van der Waals surface area (Å²) < 4.78 is 40.2. The lowest BCUT2D eigenvalue weighted by Crippen LogP contribution is -2.22. The van der Waals surface area contributed by atoms with Gasteiger partial charge in [0.25, 0.3) is 0 Å².